The Morgan fingerprint density at radius 3 is 2.60 bits per heavy atom. The third-order valence-electron chi connectivity index (χ3n) is 2.14. The summed E-state index contributed by atoms with van der Waals surface area (Å²) in [5, 5.41) is 8.57. The summed E-state index contributed by atoms with van der Waals surface area (Å²) in [5.74, 6) is -0.857. The molecule has 0 bridgehead atoms. The van der Waals surface area contributed by atoms with Gasteiger partial charge < -0.3 is 15.7 Å². The van der Waals surface area contributed by atoms with Gasteiger partial charge in [0.1, 0.15) is 0 Å². The van der Waals surface area contributed by atoms with Crippen molar-refractivity contribution in [1.82, 2.24) is 0 Å². The summed E-state index contributed by atoms with van der Waals surface area (Å²) >= 11 is 0. The van der Waals surface area contributed by atoms with Crippen molar-refractivity contribution in [3.05, 3.63) is 30.3 Å². The molecule has 0 saturated heterocycles. The van der Waals surface area contributed by atoms with E-state index in [4.69, 9.17) is 10.8 Å². The van der Waals surface area contributed by atoms with E-state index in [1.807, 2.05) is 42.3 Å². The molecule has 0 amide bonds. The summed E-state index contributed by atoms with van der Waals surface area (Å²) in [7, 11) is 1.90. The van der Waals surface area contributed by atoms with Crippen LogP contribution in [0.3, 0.4) is 0 Å². The first-order valence-corrected chi connectivity index (χ1v) is 4.83. The van der Waals surface area contributed by atoms with Crippen LogP contribution < -0.4 is 10.6 Å². The zero-order chi connectivity index (χ0) is 11.3. The maximum absolute atomic E-state index is 10.4. The molecule has 1 aromatic rings. The average molecular weight is 208 g/mol. The molecule has 0 aromatic heterocycles. The van der Waals surface area contributed by atoms with E-state index in [2.05, 4.69) is 0 Å². The van der Waals surface area contributed by atoms with Gasteiger partial charge in [0.2, 0.25) is 0 Å². The summed E-state index contributed by atoms with van der Waals surface area (Å²) in [5.41, 5.74) is 6.73. The number of anilines is 1. The van der Waals surface area contributed by atoms with E-state index >= 15 is 0 Å². The van der Waals surface area contributed by atoms with Crippen molar-refractivity contribution < 1.29 is 9.90 Å². The molecule has 0 radical (unpaired) electrons. The van der Waals surface area contributed by atoms with Gasteiger partial charge in [-0.15, -0.1) is 0 Å². The van der Waals surface area contributed by atoms with Gasteiger partial charge >= 0.3 is 5.97 Å². The van der Waals surface area contributed by atoms with E-state index in [0.717, 1.165) is 5.69 Å². The molecule has 3 N–H and O–H groups in total. The van der Waals surface area contributed by atoms with Gasteiger partial charge in [0.15, 0.2) is 0 Å². The van der Waals surface area contributed by atoms with E-state index in [1.54, 1.807) is 0 Å². The van der Waals surface area contributed by atoms with Crippen molar-refractivity contribution in [2.45, 2.75) is 12.5 Å². The Hall–Kier alpha value is -1.55. The van der Waals surface area contributed by atoms with E-state index < -0.39 is 5.97 Å². The largest absolute Gasteiger partial charge is 0.481 e. The quantitative estimate of drug-likeness (QED) is 0.755. The zero-order valence-electron chi connectivity index (χ0n) is 8.76. The van der Waals surface area contributed by atoms with Gasteiger partial charge in [-0.25, -0.2) is 0 Å². The van der Waals surface area contributed by atoms with Crippen molar-refractivity contribution in [2.24, 2.45) is 5.73 Å². The van der Waals surface area contributed by atoms with Gasteiger partial charge in [0, 0.05) is 25.3 Å². The molecule has 15 heavy (non-hydrogen) atoms. The van der Waals surface area contributed by atoms with Crippen molar-refractivity contribution in [3.8, 4) is 0 Å². The maximum atomic E-state index is 10.4. The lowest BCUT2D eigenvalue weighted by molar-refractivity contribution is -0.137. The second-order valence-electron chi connectivity index (χ2n) is 3.57. The summed E-state index contributed by atoms with van der Waals surface area (Å²) in [6, 6.07) is 9.41. The first kappa shape index (κ1) is 11.5. The fourth-order valence-electron chi connectivity index (χ4n) is 1.43. The van der Waals surface area contributed by atoms with Crippen LogP contribution in [0.4, 0.5) is 5.69 Å². The van der Waals surface area contributed by atoms with Crippen molar-refractivity contribution in [3.63, 3.8) is 0 Å². The molecular weight excluding hydrogens is 192 g/mol. The monoisotopic (exact) mass is 208 g/mol. The number of carboxylic acid groups (broad SMARTS) is 1. The summed E-state index contributed by atoms with van der Waals surface area (Å²) in [4.78, 5) is 12.4. The second-order valence-corrected chi connectivity index (χ2v) is 3.57. The van der Waals surface area contributed by atoms with Crippen molar-refractivity contribution in [1.29, 1.82) is 0 Å². The molecule has 4 heteroatoms. The third kappa shape index (κ3) is 3.99. The van der Waals surface area contributed by atoms with Crippen LogP contribution >= 0.6 is 0 Å². The van der Waals surface area contributed by atoms with E-state index in [-0.39, 0.29) is 12.5 Å². The Morgan fingerprint density at radius 2 is 2.07 bits per heavy atom. The minimum Gasteiger partial charge on any atom is -0.481 e. The number of benzene rings is 1. The Kier molecular flexibility index (Phi) is 4.12. The first-order valence-electron chi connectivity index (χ1n) is 4.83. The molecule has 0 aliphatic heterocycles. The molecule has 0 spiro atoms. The van der Waals surface area contributed by atoms with Crippen molar-refractivity contribution >= 4 is 11.7 Å². The molecule has 1 atom stereocenters. The summed E-state index contributed by atoms with van der Waals surface area (Å²) in [6.07, 6.45) is -0.00280. The highest BCUT2D eigenvalue weighted by molar-refractivity contribution is 5.67. The van der Waals surface area contributed by atoms with Gasteiger partial charge in [-0.05, 0) is 12.1 Å². The number of carbonyl (C=O) groups is 1. The number of nitrogens with two attached hydrogens (primary N) is 1. The molecule has 0 fully saturated rings. The lowest BCUT2D eigenvalue weighted by Crippen LogP contribution is -2.36. The fraction of sp³-hybridized carbons (Fsp3) is 0.364. The molecule has 0 saturated carbocycles. The number of hydrogen-bond donors (Lipinski definition) is 2. The number of aliphatic carboxylic acids is 1. The highest BCUT2D eigenvalue weighted by Crippen LogP contribution is 2.11. The van der Waals surface area contributed by atoms with Gasteiger partial charge in [-0.2, -0.15) is 0 Å². The Morgan fingerprint density at radius 1 is 1.47 bits per heavy atom. The Bertz CT molecular complexity index is 314. The minimum atomic E-state index is -0.857. The number of likely N-dealkylation sites (N-methyl/N-ethyl adjacent to an activating group) is 1. The molecule has 82 valence electrons. The summed E-state index contributed by atoms with van der Waals surface area (Å²) in [6.45, 7) is 0.538. The van der Waals surface area contributed by atoms with Gasteiger partial charge in [-0.1, -0.05) is 18.2 Å². The molecular formula is C11H16N2O2. The molecule has 0 aliphatic carbocycles. The Labute approximate surface area is 89.3 Å². The van der Waals surface area contributed by atoms with Crippen molar-refractivity contribution in [2.75, 3.05) is 18.5 Å². The Balaban J connectivity index is 2.49. The predicted octanol–water partition coefficient (Wildman–Crippen LogP) is 0.925. The molecule has 4 nitrogen and oxygen atoms in total. The smallest absolute Gasteiger partial charge is 0.304 e. The van der Waals surface area contributed by atoms with Gasteiger partial charge in [0.05, 0.1) is 6.42 Å². The number of rotatable bonds is 5. The fourth-order valence-corrected chi connectivity index (χ4v) is 1.43. The molecule has 0 heterocycles. The molecule has 0 aliphatic rings. The summed E-state index contributed by atoms with van der Waals surface area (Å²) < 4.78 is 0. The standard InChI is InChI=1S/C11H16N2O2/c1-13(8-9(12)7-11(14)15)10-5-3-2-4-6-10/h2-6,9H,7-8,12H2,1H3,(H,14,15). The average Bonchev–Trinajstić information content (AvgIpc) is 2.17. The highest BCUT2D eigenvalue weighted by Gasteiger charge is 2.10. The zero-order valence-corrected chi connectivity index (χ0v) is 8.76. The van der Waals surface area contributed by atoms with Gasteiger partial charge in [-0.3, -0.25) is 4.79 Å². The highest BCUT2D eigenvalue weighted by atomic mass is 16.4. The topological polar surface area (TPSA) is 66.6 Å². The van der Waals surface area contributed by atoms with Crippen LogP contribution in [0.5, 0.6) is 0 Å². The van der Waals surface area contributed by atoms with E-state index in [9.17, 15) is 4.79 Å². The van der Waals surface area contributed by atoms with E-state index in [0.29, 0.717) is 6.54 Å². The van der Waals surface area contributed by atoms with Crippen LogP contribution in [0.15, 0.2) is 30.3 Å². The third-order valence-corrected chi connectivity index (χ3v) is 2.14. The van der Waals surface area contributed by atoms with Crippen LogP contribution in [-0.4, -0.2) is 30.7 Å². The minimum absolute atomic E-state index is 0.00280. The normalized spacial score (nSPS) is 12.1. The second kappa shape index (κ2) is 5.36. The van der Waals surface area contributed by atoms with Crippen LogP contribution in [0.2, 0.25) is 0 Å². The van der Waals surface area contributed by atoms with E-state index in [1.165, 1.54) is 0 Å². The maximum Gasteiger partial charge on any atom is 0.304 e. The number of carboxylic acids is 1. The van der Waals surface area contributed by atoms with Gasteiger partial charge in [0.25, 0.3) is 0 Å². The number of hydrogen-bond acceptors (Lipinski definition) is 3. The predicted molar refractivity (Wildman–Crippen MR) is 59.9 cm³/mol. The van der Waals surface area contributed by atoms with Crippen LogP contribution in [0.1, 0.15) is 6.42 Å². The molecule has 1 unspecified atom stereocenters. The SMILES string of the molecule is CN(CC(N)CC(=O)O)c1ccccc1. The number of nitrogens with zero attached hydrogens (tertiary/aromatic N) is 1. The lowest BCUT2D eigenvalue weighted by Gasteiger charge is -2.22. The van der Waals surface area contributed by atoms with Crippen LogP contribution in [-0.2, 0) is 4.79 Å². The molecule has 1 aromatic carbocycles. The van der Waals surface area contributed by atoms with Crippen LogP contribution in [0.25, 0.3) is 0 Å². The number of para-hydroxylation sites is 1. The lowest BCUT2D eigenvalue weighted by atomic mass is 10.2. The first-order chi connectivity index (χ1) is 7.09. The van der Waals surface area contributed by atoms with Crippen LogP contribution in [0, 0.1) is 0 Å². The molecule has 1 rings (SSSR count).